The average molecular weight is 453 g/mol. The van der Waals surface area contributed by atoms with Gasteiger partial charge in [0.15, 0.2) is 0 Å². The van der Waals surface area contributed by atoms with Gasteiger partial charge < -0.3 is 14.7 Å². The third kappa shape index (κ3) is 3.94. The lowest BCUT2D eigenvalue weighted by Gasteiger charge is -2.25. The molecule has 8 heteroatoms. The number of nitrogens with zero attached hydrogens (tertiary/aromatic N) is 2. The molecule has 1 aromatic heterocycles. The lowest BCUT2D eigenvalue weighted by atomic mass is 9.95. The fraction of sp³-hybridized carbons (Fsp3) is 0.125. The number of hydrogen-bond acceptors (Lipinski definition) is 5. The van der Waals surface area contributed by atoms with Crippen molar-refractivity contribution in [3.05, 3.63) is 100 Å². The third-order valence-electron chi connectivity index (χ3n) is 5.21. The maximum atomic E-state index is 13.6. The van der Waals surface area contributed by atoms with Crippen molar-refractivity contribution in [1.82, 2.24) is 9.88 Å². The Kier molecular flexibility index (Phi) is 5.92. The highest BCUT2D eigenvalue weighted by Crippen LogP contribution is 2.41. The molecule has 32 heavy (non-hydrogen) atoms. The van der Waals surface area contributed by atoms with Gasteiger partial charge in [-0.05, 0) is 48.0 Å². The number of aromatic nitrogens is 1. The molecule has 0 saturated carbocycles. The topological polar surface area (TPSA) is 79.7 Å². The van der Waals surface area contributed by atoms with Gasteiger partial charge in [-0.1, -0.05) is 29.8 Å². The second kappa shape index (κ2) is 8.80. The molecule has 6 nitrogen and oxygen atoms in total. The first kappa shape index (κ1) is 21.5. The minimum Gasteiger partial charge on any atom is -0.507 e. The summed E-state index contributed by atoms with van der Waals surface area (Å²) in [5.74, 6) is -2.16. The number of pyridine rings is 1. The lowest BCUT2D eigenvalue weighted by molar-refractivity contribution is -0.140. The van der Waals surface area contributed by atoms with Crippen LogP contribution in [-0.2, 0) is 16.1 Å². The zero-order valence-corrected chi connectivity index (χ0v) is 17.7. The van der Waals surface area contributed by atoms with Crippen molar-refractivity contribution < 1.29 is 23.8 Å². The summed E-state index contributed by atoms with van der Waals surface area (Å²) in [6.07, 6.45) is 1.58. The molecule has 0 spiro atoms. The van der Waals surface area contributed by atoms with E-state index in [0.717, 1.165) is 0 Å². The van der Waals surface area contributed by atoms with E-state index in [2.05, 4.69) is 4.98 Å². The number of aliphatic hydroxyl groups excluding tert-OH is 1. The van der Waals surface area contributed by atoms with Crippen LogP contribution in [0.4, 0.5) is 4.39 Å². The number of methoxy groups -OCH3 is 1. The van der Waals surface area contributed by atoms with Crippen molar-refractivity contribution in [3.8, 4) is 5.75 Å². The molecule has 1 N–H and O–H groups in total. The molecule has 1 aliphatic rings. The molecule has 162 valence electrons. The van der Waals surface area contributed by atoms with Crippen molar-refractivity contribution in [3.63, 3.8) is 0 Å². The highest BCUT2D eigenvalue weighted by Gasteiger charge is 2.46. The fourth-order valence-corrected chi connectivity index (χ4v) is 3.87. The van der Waals surface area contributed by atoms with E-state index in [1.54, 1.807) is 30.5 Å². The smallest absolute Gasteiger partial charge is 0.296 e. The number of carbonyl (C=O) groups is 2. The highest BCUT2D eigenvalue weighted by atomic mass is 35.5. The summed E-state index contributed by atoms with van der Waals surface area (Å²) in [7, 11) is 1.46. The van der Waals surface area contributed by atoms with Crippen LogP contribution in [0.3, 0.4) is 0 Å². The summed E-state index contributed by atoms with van der Waals surface area (Å²) in [6.45, 7) is 0.0239. The lowest BCUT2D eigenvalue weighted by Crippen LogP contribution is -2.29. The molecule has 1 atom stereocenters. The van der Waals surface area contributed by atoms with Crippen molar-refractivity contribution in [1.29, 1.82) is 0 Å². The van der Waals surface area contributed by atoms with Gasteiger partial charge in [-0.15, -0.1) is 0 Å². The summed E-state index contributed by atoms with van der Waals surface area (Å²) in [4.78, 5) is 31.6. The van der Waals surface area contributed by atoms with Gasteiger partial charge in [0.25, 0.3) is 11.7 Å². The second-order valence-corrected chi connectivity index (χ2v) is 7.55. The predicted octanol–water partition coefficient (Wildman–Crippen LogP) is 4.50. The largest absolute Gasteiger partial charge is 0.507 e. The highest BCUT2D eigenvalue weighted by molar-refractivity contribution is 6.47. The molecular weight excluding hydrogens is 435 g/mol. The molecule has 1 unspecified atom stereocenters. The number of hydrogen-bond donors (Lipinski definition) is 1. The Balaban J connectivity index is 1.89. The van der Waals surface area contributed by atoms with E-state index < -0.39 is 29.3 Å². The standard InChI is InChI=1S/C24H18ClFN2O4/c1-32-17-9-10-19(25)18(12-17)22(29)20-21(14-5-7-15(26)8-6-14)28(24(31)23(20)30)13-16-4-2-3-11-27-16/h2-12,21,29H,13H2,1H3/b22-20+. The average Bonchev–Trinajstić information content (AvgIpc) is 3.05. The van der Waals surface area contributed by atoms with E-state index in [1.165, 1.54) is 48.4 Å². The van der Waals surface area contributed by atoms with Crippen LogP contribution >= 0.6 is 11.6 Å². The van der Waals surface area contributed by atoms with E-state index >= 15 is 0 Å². The van der Waals surface area contributed by atoms with E-state index in [1.807, 2.05) is 0 Å². The van der Waals surface area contributed by atoms with E-state index in [-0.39, 0.29) is 22.7 Å². The van der Waals surface area contributed by atoms with E-state index in [9.17, 15) is 19.1 Å². The molecule has 1 saturated heterocycles. The van der Waals surface area contributed by atoms with Crippen molar-refractivity contribution in [2.24, 2.45) is 0 Å². The number of benzene rings is 2. The van der Waals surface area contributed by atoms with Crippen LogP contribution in [0, 0.1) is 5.82 Å². The van der Waals surface area contributed by atoms with Gasteiger partial charge in [-0.3, -0.25) is 14.6 Å². The zero-order valence-electron chi connectivity index (χ0n) is 17.0. The van der Waals surface area contributed by atoms with Crippen molar-refractivity contribution in [2.75, 3.05) is 7.11 Å². The molecule has 2 heterocycles. The number of ketones is 1. The fourth-order valence-electron chi connectivity index (χ4n) is 3.66. The Bertz CT molecular complexity index is 1210. The minimum absolute atomic E-state index is 0.0239. The first-order valence-electron chi connectivity index (χ1n) is 9.68. The number of carbonyl (C=O) groups excluding carboxylic acids is 2. The number of ether oxygens (including phenoxy) is 1. The molecule has 2 aromatic carbocycles. The Morgan fingerprint density at radius 3 is 2.56 bits per heavy atom. The monoisotopic (exact) mass is 452 g/mol. The summed E-state index contributed by atoms with van der Waals surface area (Å²) in [5, 5.41) is 11.3. The van der Waals surface area contributed by atoms with Crippen LogP contribution in [0.15, 0.2) is 72.4 Å². The maximum absolute atomic E-state index is 13.6. The van der Waals surface area contributed by atoms with Gasteiger partial charge in [-0.2, -0.15) is 0 Å². The van der Waals surface area contributed by atoms with Crippen LogP contribution in [0.5, 0.6) is 5.75 Å². The Morgan fingerprint density at radius 1 is 1.16 bits per heavy atom. The molecule has 0 bridgehead atoms. The van der Waals surface area contributed by atoms with Gasteiger partial charge in [0.05, 0.1) is 36.0 Å². The minimum atomic E-state index is -0.958. The number of amides is 1. The van der Waals surface area contributed by atoms with Crippen LogP contribution in [0.1, 0.15) is 22.9 Å². The van der Waals surface area contributed by atoms with Crippen molar-refractivity contribution >= 4 is 29.1 Å². The molecular formula is C24H18ClFN2O4. The van der Waals surface area contributed by atoms with Gasteiger partial charge in [0.2, 0.25) is 0 Å². The van der Waals surface area contributed by atoms with Gasteiger partial charge in [0.1, 0.15) is 17.3 Å². The molecule has 1 amide bonds. The molecule has 0 aliphatic carbocycles. The summed E-state index contributed by atoms with van der Waals surface area (Å²) < 4.78 is 18.8. The SMILES string of the molecule is COc1ccc(Cl)c(/C(O)=C2\C(=O)C(=O)N(Cc3ccccn3)C2c2ccc(F)cc2)c1. The van der Waals surface area contributed by atoms with Gasteiger partial charge in [-0.25, -0.2) is 4.39 Å². The van der Waals surface area contributed by atoms with Crippen LogP contribution in [0.2, 0.25) is 5.02 Å². The number of aliphatic hydroxyl groups is 1. The first-order chi connectivity index (χ1) is 15.4. The van der Waals surface area contributed by atoms with Gasteiger partial charge >= 0.3 is 0 Å². The summed E-state index contributed by atoms with van der Waals surface area (Å²) >= 11 is 6.27. The van der Waals surface area contributed by atoms with Gasteiger partial charge in [0, 0.05) is 11.8 Å². The zero-order chi connectivity index (χ0) is 22.8. The molecule has 0 radical (unpaired) electrons. The number of halogens is 2. The second-order valence-electron chi connectivity index (χ2n) is 7.15. The Labute approximate surface area is 188 Å². The van der Waals surface area contributed by atoms with Crippen LogP contribution < -0.4 is 4.74 Å². The number of Topliss-reactive ketones (excluding diaryl/α,β-unsaturated/α-hetero) is 1. The maximum Gasteiger partial charge on any atom is 0.296 e. The number of likely N-dealkylation sites (tertiary alicyclic amines) is 1. The van der Waals surface area contributed by atoms with Crippen molar-refractivity contribution in [2.45, 2.75) is 12.6 Å². The molecule has 1 aliphatic heterocycles. The van der Waals surface area contributed by atoms with Crippen LogP contribution in [-0.4, -0.2) is 33.8 Å². The normalized spacial score (nSPS) is 17.6. The van der Waals surface area contributed by atoms with E-state index in [4.69, 9.17) is 16.3 Å². The Morgan fingerprint density at radius 2 is 1.91 bits per heavy atom. The predicted molar refractivity (Wildman–Crippen MR) is 116 cm³/mol. The molecule has 3 aromatic rings. The summed E-state index contributed by atoms with van der Waals surface area (Å²) in [6, 6.07) is 14.3. The van der Waals surface area contributed by atoms with Crippen LogP contribution in [0.25, 0.3) is 5.76 Å². The first-order valence-corrected chi connectivity index (χ1v) is 10.1. The molecule has 1 fully saturated rings. The number of rotatable bonds is 5. The third-order valence-corrected chi connectivity index (χ3v) is 5.54. The van der Waals surface area contributed by atoms with E-state index in [0.29, 0.717) is 17.0 Å². The molecule has 4 rings (SSSR count). The summed E-state index contributed by atoms with van der Waals surface area (Å²) in [5.41, 5.74) is 1.02. The Hall–Kier alpha value is -3.71. The quantitative estimate of drug-likeness (QED) is 0.350.